The van der Waals surface area contributed by atoms with Crippen LogP contribution in [0.4, 0.5) is 0 Å². The van der Waals surface area contributed by atoms with Crippen molar-refractivity contribution in [3.05, 3.63) is 10.4 Å². The van der Waals surface area contributed by atoms with Gasteiger partial charge in [-0.15, -0.1) is 11.8 Å². The summed E-state index contributed by atoms with van der Waals surface area (Å²) in [6.07, 6.45) is 1.06. The third-order valence-corrected chi connectivity index (χ3v) is 2.36. The molecule has 1 rings (SSSR count). The summed E-state index contributed by atoms with van der Waals surface area (Å²) in [4.78, 5) is 0. The SMILES string of the molecule is CC1CC(Cl)=CS1. The van der Waals surface area contributed by atoms with Crippen molar-refractivity contribution >= 4 is 23.4 Å². The molecule has 1 aliphatic rings. The highest BCUT2D eigenvalue weighted by molar-refractivity contribution is 8.03. The molecule has 0 saturated heterocycles. The standard InChI is InChI=1S/C5H7ClS/c1-4-2-5(6)3-7-4/h3-4H,2H2,1H3. The zero-order valence-corrected chi connectivity index (χ0v) is 5.72. The van der Waals surface area contributed by atoms with Gasteiger partial charge in [0.15, 0.2) is 0 Å². The summed E-state index contributed by atoms with van der Waals surface area (Å²) in [7, 11) is 0. The molecule has 0 saturated carbocycles. The Morgan fingerprint density at radius 1 is 2.00 bits per heavy atom. The van der Waals surface area contributed by atoms with Crippen molar-refractivity contribution < 1.29 is 0 Å². The molecule has 0 aromatic heterocycles. The minimum absolute atomic E-state index is 0.715. The van der Waals surface area contributed by atoms with E-state index in [1.165, 1.54) is 0 Å². The maximum Gasteiger partial charge on any atom is 0.0255 e. The molecule has 1 aliphatic heterocycles. The Bertz CT molecular complexity index is 98.3. The highest BCUT2D eigenvalue weighted by Crippen LogP contribution is 2.31. The first kappa shape index (κ1) is 5.52. The third kappa shape index (κ3) is 1.39. The van der Waals surface area contributed by atoms with Crippen LogP contribution < -0.4 is 0 Å². The predicted octanol–water partition coefficient (Wildman–Crippen LogP) is 2.59. The maximum absolute atomic E-state index is 5.65. The Balaban J connectivity index is 2.42. The van der Waals surface area contributed by atoms with Gasteiger partial charge in [-0.05, 0) is 11.8 Å². The van der Waals surface area contributed by atoms with E-state index in [1.54, 1.807) is 0 Å². The predicted molar refractivity (Wildman–Crippen MR) is 35.6 cm³/mol. The summed E-state index contributed by atoms with van der Waals surface area (Å²) in [6, 6.07) is 0. The monoisotopic (exact) mass is 134 g/mol. The van der Waals surface area contributed by atoms with Crippen LogP contribution in [0.25, 0.3) is 0 Å². The first-order chi connectivity index (χ1) is 3.29. The molecular weight excluding hydrogens is 128 g/mol. The molecule has 0 fully saturated rings. The highest BCUT2D eigenvalue weighted by atomic mass is 35.5. The van der Waals surface area contributed by atoms with E-state index in [4.69, 9.17) is 11.6 Å². The lowest BCUT2D eigenvalue weighted by Crippen LogP contribution is -1.84. The van der Waals surface area contributed by atoms with E-state index in [9.17, 15) is 0 Å². The van der Waals surface area contributed by atoms with Crippen molar-refractivity contribution in [2.75, 3.05) is 0 Å². The summed E-state index contributed by atoms with van der Waals surface area (Å²) >= 11 is 7.46. The second-order valence-electron chi connectivity index (χ2n) is 1.72. The lowest BCUT2D eigenvalue weighted by atomic mass is 10.3. The molecule has 0 N–H and O–H groups in total. The molecule has 0 bridgehead atoms. The fraction of sp³-hybridized carbons (Fsp3) is 0.600. The van der Waals surface area contributed by atoms with E-state index in [1.807, 2.05) is 17.2 Å². The average Bonchev–Trinajstić information content (AvgIpc) is 1.87. The number of rotatable bonds is 0. The van der Waals surface area contributed by atoms with E-state index in [-0.39, 0.29) is 0 Å². The molecule has 0 aromatic carbocycles. The number of hydrogen-bond donors (Lipinski definition) is 0. The Labute approximate surface area is 52.9 Å². The van der Waals surface area contributed by atoms with Crippen LogP contribution in [0.5, 0.6) is 0 Å². The number of halogens is 1. The minimum Gasteiger partial charge on any atom is -0.129 e. The normalized spacial score (nSPS) is 30.6. The van der Waals surface area contributed by atoms with Gasteiger partial charge in [-0.3, -0.25) is 0 Å². The molecule has 1 atom stereocenters. The van der Waals surface area contributed by atoms with Crippen LogP contribution in [-0.2, 0) is 0 Å². The van der Waals surface area contributed by atoms with Crippen molar-refractivity contribution in [2.24, 2.45) is 0 Å². The largest absolute Gasteiger partial charge is 0.129 e. The van der Waals surface area contributed by atoms with Gasteiger partial charge >= 0.3 is 0 Å². The quantitative estimate of drug-likeness (QED) is 0.491. The molecule has 40 valence electrons. The zero-order valence-electron chi connectivity index (χ0n) is 4.15. The van der Waals surface area contributed by atoms with E-state index in [0.717, 1.165) is 11.5 Å². The molecule has 0 amide bonds. The van der Waals surface area contributed by atoms with E-state index in [0.29, 0.717) is 5.25 Å². The Morgan fingerprint density at radius 3 is 2.86 bits per heavy atom. The van der Waals surface area contributed by atoms with Crippen LogP contribution in [-0.4, -0.2) is 5.25 Å². The summed E-state index contributed by atoms with van der Waals surface area (Å²) in [6.45, 7) is 2.18. The second kappa shape index (κ2) is 2.10. The van der Waals surface area contributed by atoms with Crippen molar-refractivity contribution in [2.45, 2.75) is 18.6 Å². The third-order valence-electron chi connectivity index (χ3n) is 0.911. The topological polar surface area (TPSA) is 0 Å². The minimum atomic E-state index is 0.715. The number of thioether (sulfide) groups is 1. The van der Waals surface area contributed by atoms with Gasteiger partial charge in [-0.25, -0.2) is 0 Å². The lowest BCUT2D eigenvalue weighted by Gasteiger charge is -1.93. The highest BCUT2D eigenvalue weighted by Gasteiger charge is 2.09. The van der Waals surface area contributed by atoms with Crippen molar-refractivity contribution in [1.29, 1.82) is 0 Å². The first-order valence-electron chi connectivity index (χ1n) is 2.29. The molecule has 1 heterocycles. The Morgan fingerprint density at radius 2 is 2.71 bits per heavy atom. The average molecular weight is 135 g/mol. The summed E-state index contributed by atoms with van der Waals surface area (Å²) in [5.41, 5.74) is 0. The van der Waals surface area contributed by atoms with Crippen LogP contribution >= 0.6 is 23.4 Å². The molecule has 2 heteroatoms. The molecule has 0 aromatic rings. The molecule has 7 heavy (non-hydrogen) atoms. The van der Waals surface area contributed by atoms with Gasteiger partial charge in [0.2, 0.25) is 0 Å². The van der Waals surface area contributed by atoms with Gasteiger partial charge in [0, 0.05) is 10.3 Å². The smallest absolute Gasteiger partial charge is 0.0255 e. The lowest BCUT2D eigenvalue weighted by molar-refractivity contribution is 0.989. The molecule has 0 aliphatic carbocycles. The first-order valence-corrected chi connectivity index (χ1v) is 3.61. The molecular formula is C5H7ClS. The molecule has 0 spiro atoms. The summed E-state index contributed by atoms with van der Waals surface area (Å²) in [5, 5.41) is 3.75. The van der Waals surface area contributed by atoms with Gasteiger partial charge in [0.05, 0.1) is 0 Å². The summed E-state index contributed by atoms with van der Waals surface area (Å²) < 4.78 is 0. The van der Waals surface area contributed by atoms with Crippen LogP contribution in [0.2, 0.25) is 0 Å². The van der Waals surface area contributed by atoms with Gasteiger partial charge in [0.25, 0.3) is 0 Å². The van der Waals surface area contributed by atoms with Crippen molar-refractivity contribution in [3.8, 4) is 0 Å². The van der Waals surface area contributed by atoms with E-state index >= 15 is 0 Å². The van der Waals surface area contributed by atoms with Crippen LogP contribution in [0.3, 0.4) is 0 Å². The van der Waals surface area contributed by atoms with E-state index in [2.05, 4.69) is 6.92 Å². The molecule has 1 unspecified atom stereocenters. The number of hydrogen-bond acceptors (Lipinski definition) is 1. The van der Waals surface area contributed by atoms with Crippen LogP contribution in [0.1, 0.15) is 13.3 Å². The van der Waals surface area contributed by atoms with Crippen molar-refractivity contribution in [1.82, 2.24) is 0 Å². The van der Waals surface area contributed by atoms with Crippen LogP contribution in [0, 0.1) is 0 Å². The fourth-order valence-electron chi connectivity index (χ4n) is 0.561. The van der Waals surface area contributed by atoms with Gasteiger partial charge in [-0.1, -0.05) is 18.5 Å². The van der Waals surface area contributed by atoms with Crippen molar-refractivity contribution in [3.63, 3.8) is 0 Å². The van der Waals surface area contributed by atoms with Gasteiger partial charge < -0.3 is 0 Å². The second-order valence-corrected chi connectivity index (χ2v) is 3.51. The number of allylic oxidation sites excluding steroid dienone is 1. The maximum atomic E-state index is 5.65. The zero-order chi connectivity index (χ0) is 5.28. The summed E-state index contributed by atoms with van der Waals surface area (Å²) in [5.74, 6) is 0. The molecule has 0 nitrogen and oxygen atoms in total. The van der Waals surface area contributed by atoms with Gasteiger partial charge in [0.1, 0.15) is 0 Å². The van der Waals surface area contributed by atoms with Crippen LogP contribution in [0.15, 0.2) is 10.4 Å². The Hall–Kier alpha value is 0.380. The Kier molecular flexibility index (Phi) is 1.65. The van der Waals surface area contributed by atoms with E-state index < -0.39 is 0 Å². The van der Waals surface area contributed by atoms with Gasteiger partial charge in [-0.2, -0.15) is 0 Å². The molecule has 0 radical (unpaired) electrons. The fourth-order valence-corrected chi connectivity index (χ4v) is 1.79.